The summed E-state index contributed by atoms with van der Waals surface area (Å²) in [6.07, 6.45) is 5.27. The van der Waals surface area contributed by atoms with Gasteiger partial charge in [-0.2, -0.15) is 0 Å². The molecule has 2 aromatic rings. The molecular formula is C14H17N5O2. The molecule has 110 valence electrons. The molecule has 1 unspecified atom stereocenters. The van der Waals surface area contributed by atoms with Gasteiger partial charge in [0.05, 0.1) is 10.6 Å². The Hall–Kier alpha value is -2.44. The number of nitrogens with zero attached hydrogens (tertiary/aromatic N) is 4. The second kappa shape index (κ2) is 5.16. The van der Waals surface area contributed by atoms with Crippen LogP contribution >= 0.6 is 0 Å². The molecule has 0 fully saturated rings. The first-order valence-corrected chi connectivity index (χ1v) is 6.93. The molecule has 0 saturated carbocycles. The van der Waals surface area contributed by atoms with Gasteiger partial charge in [-0.3, -0.25) is 10.1 Å². The van der Waals surface area contributed by atoms with Crippen LogP contribution in [0.4, 0.5) is 11.5 Å². The zero-order valence-corrected chi connectivity index (χ0v) is 12.0. The molecule has 0 amide bonds. The summed E-state index contributed by atoms with van der Waals surface area (Å²) in [5.74, 6) is 1.81. The number of anilines is 1. The summed E-state index contributed by atoms with van der Waals surface area (Å²) in [6, 6.07) is 1.99. The topological polar surface area (TPSA) is 85.9 Å². The SMILES string of the molecule is Cc1cn2c(n1)CCC(Nc1cc(C)c([N+](=O)[O-])cn1)C2. The molecule has 1 atom stereocenters. The standard InChI is InChI=1S/C14H17N5O2/c1-9-5-13(15-6-12(9)19(20)21)17-11-3-4-14-16-10(2)7-18(14)8-11/h5-7,11H,3-4,8H2,1-2H3,(H,15,17). The van der Waals surface area contributed by atoms with E-state index in [0.29, 0.717) is 11.4 Å². The number of nitro groups is 1. The Kier molecular flexibility index (Phi) is 3.32. The molecule has 1 N–H and O–H groups in total. The van der Waals surface area contributed by atoms with Gasteiger partial charge >= 0.3 is 0 Å². The molecule has 1 aliphatic heterocycles. The maximum Gasteiger partial charge on any atom is 0.290 e. The summed E-state index contributed by atoms with van der Waals surface area (Å²) < 4.78 is 2.16. The van der Waals surface area contributed by atoms with Crippen LogP contribution in [-0.4, -0.2) is 25.5 Å². The van der Waals surface area contributed by atoms with Crippen LogP contribution in [0.3, 0.4) is 0 Å². The van der Waals surface area contributed by atoms with Gasteiger partial charge in [-0.25, -0.2) is 9.97 Å². The van der Waals surface area contributed by atoms with Crippen molar-refractivity contribution in [3.05, 3.63) is 45.7 Å². The van der Waals surface area contributed by atoms with Crippen molar-refractivity contribution >= 4 is 11.5 Å². The lowest BCUT2D eigenvalue weighted by molar-refractivity contribution is -0.385. The molecule has 3 heterocycles. The molecule has 7 nitrogen and oxygen atoms in total. The van der Waals surface area contributed by atoms with E-state index in [0.717, 1.165) is 30.9 Å². The summed E-state index contributed by atoms with van der Waals surface area (Å²) in [5.41, 5.74) is 1.71. The van der Waals surface area contributed by atoms with Crippen molar-refractivity contribution in [2.75, 3.05) is 5.32 Å². The van der Waals surface area contributed by atoms with Gasteiger partial charge in [0.15, 0.2) is 0 Å². The molecule has 0 saturated heterocycles. The summed E-state index contributed by atoms with van der Waals surface area (Å²) in [6.45, 7) is 4.56. The molecule has 0 bridgehead atoms. The summed E-state index contributed by atoms with van der Waals surface area (Å²) in [7, 11) is 0. The number of rotatable bonds is 3. The van der Waals surface area contributed by atoms with Gasteiger partial charge in [0.2, 0.25) is 0 Å². The quantitative estimate of drug-likeness (QED) is 0.691. The molecule has 2 aromatic heterocycles. The molecule has 0 aliphatic carbocycles. The monoisotopic (exact) mass is 287 g/mol. The third-order valence-electron chi connectivity index (χ3n) is 3.74. The van der Waals surface area contributed by atoms with Crippen LogP contribution in [0, 0.1) is 24.0 Å². The van der Waals surface area contributed by atoms with Crippen LogP contribution in [0.15, 0.2) is 18.5 Å². The first kappa shape index (κ1) is 13.5. The Bertz CT molecular complexity index is 695. The minimum absolute atomic E-state index is 0.0525. The smallest absolute Gasteiger partial charge is 0.290 e. The van der Waals surface area contributed by atoms with E-state index in [1.54, 1.807) is 13.0 Å². The van der Waals surface area contributed by atoms with E-state index in [1.165, 1.54) is 6.20 Å². The molecule has 0 aromatic carbocycles. The number of imidazole rings is 1. The van der Waals surface area contributed by atoms with Crippen LogP contribution in [-0.2, 0) is 13.0 Å². The fourth-order valence-corrected chi connectivity index (χ4v) is 2.73. The molecule has 1 aliphatic rings. The predicted octanol–water partition coefficient (Wildman–Crippen LogP) is 2.23. The Morgan fingerprint density at radius 3 is 3.00 bits per heavy atom. The fraction of sp³-hybridized carbons (Fsp3) is 0.429. The van der Waals surface area contributed by atoms with Crippen molar-refractivity contribution < 1.29 is 4.92 Å². The fourth-order valence-electron chi connectivity index (χ4n) is 2.73. The van der Waals surface area contributed by atoms with Crippen LogP contribution in [0.25, 0.3) is 0 Å². The lowest BCUT2D eigenvalue weighted by Gasteiger charge is -2.25. The summed E-state index contributed by atoms with van der Waals surface area (Å²) in [5, 5.41) is 14.2. The Morgan fingerprint density at radius 2 is 2.29 bits per heavy atom. The third kappa shape index (κ3) is 2.72. The molecule has 7 heteroatoms. The number of fused-ring (bicyclic) bond motifs is 1. The largest absolute Gasteiger partial charge is 0.366 e. The summed E-state index contributed by atoms with van der Waals surface area (Å²) >= 11 is 0. The normalized spacial score (nSPS) is 17.3. The molecule has 0 radical (unpaired) electrons. The highest BCUT2D eigenvalue weighted by Gasteiger charge is 2.20. The Morgan fingerprint density at radius 1 is 1.48 bits per heavy atom. The number of pyridine rings is 1. The lowest BCUT2D eigenvalue weighted by atomic mass is 10.1. The maximum atomic E-state index is 10.8. The van der Waals surface area contributed by atoms with E-state index < -0.39 is 4.92 Å². The van der Waals surface area contributed by atoms with Crippen molar-refractivity contribution in [2.45, 2.75) is 39.3 Å². The van der Waals surface area contributed by atoms with Crippen LogP contribution in [0.5, 0.6) is 0 Å². The number of hydrogen-bond acceptors (Lipinski definition) is 5. The highest BCUT2D eigenvalue weighted by Crippen LogP contribution is 2.22. The lowest BCUT2D eigenvalue weighted by Crippen LogP contribution is -2.31. The van der Waals surface area contributed by atoms with E-state index in [2.05, 4.69) is 26.0 Å². The molecule has 3 rings (SSSR count). The number of aromatic nitrogens is 3. The van der Waals surface area contributed by atoms with Gasteiger partial charge in [-0.05, 0) is 26.3 Å². The van der Waals surface area contributed by atoms with E-state index in [9.17, 15) is 10.1 Å². The first-order valence-electron chi connectivity index (χ1n) is 6.93. The zero-order valence-electron chi connectivity index (χ0n) is 12.0. The maximum absolute atomic E-state index is 10.8. The van der Waals surface area contributed by atoms with Gasteiger partial charge in [-0.15, -0.1) is 0 Å². The Labute approximate surface area is 122 Å². The van der Waals surface area contributed by atoms with Crippen molar-refractivity contribution in [1.82, 2.24) is 14.5 Å². The Balaban J connectivity index is 1.73. The van der Waals surface area contributed by atoms with Crippen molar-refractivity contribution in [3.8, 4) is 0 Å². The minimum Gasteiger partial charge on any atom is -0.366 e. The van der Waals surface area contributed by atoms with Gasteiger partial charge in [0.1, 0.15) is 17.8 Å². The second-order valence-electron chi connectivity index (χ2n) is 5.44. The van der Waals surface area contributed by atoms with Gasteiger partial charge in [-0.1, -0.05) is 0 Å². The van der Waals surface area contributed by atoms with Crippen LogP contribution in [0.1, 0.15) is 23.5 Å². The molecule has 21 heavy (non-hydrogen) atoms. The van der Waals surface area contributed by atoms with E-state index in [-0.39, 0.29) is 11.7 Å². The van der Waals surface area contributed by atoms with Gasteiger partial charge in [0, 0.05) is 30.8 Å². The third-order valence-corrected chi connectivity index (χ3v) is 3.74. The highest BCUT2D eigenvalue weighted by molar-refractivity contribution is 5.47. The minimum atomic E-state index is -0.409. The van der Waals surface area contributed by atoms with Crippen molar-refractivity contribution in [2.24, 2.45) is 0 Å². The second-order valence-corrected chi connectivity index (χ2v) is 5.44. The first-order chi connectivity index (χ1) is 10.0. The number of hydrogen-bond donors (Lipinski definition) is 1. The average molecular weight is 287 g/mol. The summed E-state index contributed by atoms with van der Waals surface area (Å²) in [4.78, 5) is 19.0. The van der Waals surface area contributed by atoms with Crippen LogP contribution in [0.2, 0.25) is 0 Å². The number of aryl methyl sites for hydroxylation is 3. The molecular weight excluding hydrogens is 270 g/mol. The van der Waals surface area contributed by atoms with Crippen LogP contribution < -0.4 is 5.32 Å². The van der Waals surface area contributed by atoms with Gasteiger partial charge in [0.25, 0.3) is 5.69 Å². The van der Waals surface area contributed by atoms with E-state index in [4.69, 9.17) is 0 Å². The average Bonchev–Trinajstić information content (AvgIpc) is 2.77. The highest BCUT2D eigenvalue weighted by atomic mass is 16.6. The number of nitrogens with one attached hydrogen (secondary N) is 1. The molecule has 0 spiro atoms. The zero-order chi connectivity index (χ0) is 15.0. The van der Waals surface area contributed by atoms with Gasteiger partial charge < -0.3 is 9.88 Å². The van der Waals surface area contributed by atoms with E-state index >= 15 is 0 Å². The van der Waals surface area contributed by atoms with E-state index in [1.807, 2.05) is 6.92 Å². The van der Waals surface area contributed by atoms with Crippen molar-refractivity contribution in [1.29, 1.82) is 0 Å². The predicted molar refractivity (Wildman–Crippen MR) is 78.3 cm³/mol. The van der Waals surface area contributed by atoms with Crippen molar-refractivity contribution in [3.63, 3.8) is 0 Å².